The summed E-state index contributed by atoms with van der Waals surface area (Å²) in [6.45, 7) is 2.45. The van der Waals surface area contributed by atoms with Gasteiger partial charge in [-0.2, -0.15) is 0 Å². The third kappa shape index (κ3) is 13.5. The Kier molecular flexibility index (Phi) is 13.5. The van der Waals surface area contributed by atoms with E-state index in [9.17, 15) is 9.46 Å². The van der Waals surface area contributed by atoms with E-state index in [0.29, 0.717) is 6.61 Å². The second-order valence-corrected chi connectivity index (χ2v) is 2.82. The summed E-state index contributed by atoms with van der Waals surface area (Å²) >= 11 is 0. The molecule has 0 heterocycles. The molecule has 0 aliphatic heterocycles. The molecule has 0 N–H and O–H groups in total. The topological polar surface area (TPSA) is 49.4 Å². The zero-order chi connectivity index (χ0) is 7.82. The van der Waals surface area contributed by atoms with Crippen LogP contribution < -0.4 is 4.89 Å². The normalized spacial score (nSPS) is 10.5. The van der Waals surface area contributed by atoms with Crippen molar-refractivity contribution >= 4 is 8.25 Å². The summed E-state index contributed by atoms with van der Waals surface area (Å²) in [5.41, 5.74) is 0. The fourth-order valence-electron chi connectivity index (χ4n) is 0.668. The summed E-state index contributed by atoms with van der Waals surface area (Å²) in [5.74, 6) is 0. The van der Waals surface area contributed by atoms with Crippen LogP contribution in [0.25, 0.3) is 0 Å². The maximum Gasteiger partial charge on any atom is 1.00 e. The molecule has 0 aliphatic carbocycles. The number of hydrogen-bond donors (Lipinski definition) is 0. The van der Waals surface area contributed by atoms with E-state index < -0.39 is 8.25 Å². The van der Waals surface area contributed by atoms with Gasteiger partial charge in [-0.1, -0.05) is 26.2 Å². The molecular formula is C6H13CuO3P+. The van der Waals surface area contributed by atoms with Gasteiger partial charge >= 0.3 is 25.3 Å². The Morgan fingerprint density at radius 1 is 1.36 bits per heavy atom. The second kappa shape index (κ2) is 10.5. The maximum atomic E-state index is 9.85. The third-order valence-corrected chi connectivity index (χ3v) is 1.59. The van der Waals surface area contributed by atoms with Crippen LogP contribution in [-0.4, -0.2) is 6.61 Å². The predicted molar refractivity (Wildman–Crippen MR) is 37.7 cm³/mol. The Bertz CT molecular complexity index is 99.8. The van der Waals surface area contributed by atoms with E-state index in [1.165, 1.54) is 0 Å². The van der Waals surface area contributed by atoms with Crippen LogP contribution in [0.1, 0.15) is 32.6 Å². The van der Waals surface area contributed by atoms with Crippen molar-refractivity contribution in [1.29, 1.82) is 0 Å². The second-order valence-electron chi connectivity index (χ2n) is 2.12. The van der Waals surface area contributed by atoms with E-state index in [4.69, 9.17) is 0 Å². The van der Waals surface area contributed by atoms with Crippen LogP contribution in [0.3, 0.4) is 0 Å². The molecule has 0 aromatic rings. The largest absolute Gasteiger partial charge is 1.00 e. The third-order valence-electron chi connectivity index (χ3n) is 1.19. The summed E-state index contributed by atoms with van der Waals surface area (Å²) in [6, 6.07) is 0. The minimum absolute atomic E-state index is 0. The molecule has 0 aromatic carbocycles. The molecular weight excluding hydrogens is 215 g/mol. The van der Waals surface area contributed by atoms with Crippen LogP contribution in [0.15, 0.2) is 0 Å². The summed E-state index contributed by atoms with van der Waals surface area (Å²) < 4.78 is 14.2. The predicted octanol–water partition coefficient (Wildman–Crippen LogP) is 1.60. The Balaban J connectivity index is 0. The van der Waals surface area contributed by atoms with E-state index in [2.05, 4.69) is 11.4 Å². The molecule has 0 spiro atoms. The van der Waals surface area contributed by atoms with E-state index in [1.54, 1.807) is 0 Å². The first-order valence-corrected chi connectivity index (χ1v) is 4.64. The molecule has 0 saturated carbocycles. The molecule has 0 radical (unpaired) electrons. The van der Waals surface area contributed by atoms with E-state index in [1.807, 2.05) is 0 Å². The van der Waals surface area contributed by atoms with Gasteiger partial charge in [-0.05, 0) is 11.0 Å². The molecule has 0 aromatic heterocycles. The molecule has 1 unspecified atom stereocenters. The van der Waals surface area contributed by atoms with Crippen molar-refractivity contribution in [3.63, 3.8) is 0 Å². The van der Waals surface area contributed by atoms with Gasteiger partial charge in [0.15, 0.2) is 0 Å². The monoisotopic (exact) mass is 227 g/mol. The molecule has 1 atom stereocenters. The molecule has 0 fully saturated rings. The molecule has 0 aliphatic rings. The van der Waals surface area contributed by atoms with Gasteiger partial charge in [0.1, 0.15) is 6.61 Å². The van der Waals surface area contributed by atoms with Crippen LogP contribution in [0.2, 0.25) is 0 Å². The average molecular weight is 228 g/mol. The van der Waals surface area contributed by atoms with Crippen LogP contribution in [0.5, 0.6) is 0 Å². The zero-order valence-corrected chi connectivity index (χ0v) is 8.35. The first-order valence-electron chi connectivity index (χ1n) is 3.54. The minimum Gasteiger partial charge on any atom is -0.566 e. The standard InChI is InChI=1S/C6H13O3P.Cu/c1-2-3-4-5-6-9-10(7)8;/h2-6H2,1H3;/q;+1. The Morgan fingerprint density at radius 3 is 2.45 bits per heavy atom. The zero-order valence-electron chi connectivity index (χ0n) is 6.51. The molecule has 0 bridgehead atoms. The van der Waals surface area contributed by atoms with Crippen molar-refractivity contribution in [2.75, 3.05) is 6.61 Å². The Labute approximate surface area is 78.9 Å². The van der Waals surface area contributed by atoms with Gasteiger partial charge in [-0.25, -0.2) is 0 Å². The fraction of sp³-hybridized carbons (Fsp3) is 1.00. The molecule has 3 nitrogen and oxygen atoms in total. The number of rotatable bonds is 6. The van der Waals surface area contributed by atoms with Gasteiger partial charge < -0.3 is 4.89 Å². The number of unbranched alkanes of at least 4 members (excludes halogenated alkanes) is 3. The first-order chi connectivity index (χ1) is 4.77. The maximum absolute atomic E-state index is 9.85. The van der Waals surface area contributed by atoms with E-state index in [-0.39, 0.29) is 17.1 Å². The van der Waals surface area contributed by atoms with Crippen molar-refractivity contribution < 1.29 is 31.1 Å². The van der Waals surface area contributed by atoms with Gasteiger partial charge in [0.05, 0.1) is 0 Å². The van der Waals surface area contributed by atoms with Gasteiger partial charge in [0.2, 0.25) is 0 Å². The SMILES string of the molecule is CCCCCCO[P+](=O)[O-].[Cu+]. The van der Waals surface area contributed by atoms with Crippen LogP contribution in [0.4, 0.5) is 0 Å². The van der Waals surface area contributed by atoms with Crippen molar-refractivity contribution in [3.8, 4) is 0 Å². The van der Waals surface area contributed by atoms with Crippen molar-refractivity contribution in [3.05, 3.63) is 0 Å². The summed E-state index contributed by atoms with van der Waals surface area (Å²) in [4.78, 5) is 9.85. The van der Waals surface area contributed by atoms with Crippen molar-refractivity contribution in [2.45, 2.75) is 32.6 Å². The molecule has 0 saturated heterocycles. The summed E-state index contributed by atoms with van der Waals surface area (Å²) in [5, 5.41) is 0. The van der Waals surface area contributed by atoms with Gasteiger partial charge in [-0.3, -0.25) is 0 Å². The molecule has 0 amide bonds. The number of hydrogen-bond acceptors (Lipinski definition) is 3. The summed E-state index contributed by atoms with van der Waals surface area (Å²) in [7, 11) is -2.62. The van der Waals surface area contributed by atoms with Crippen LogP contribution in [0, 0.1) is 0 Å². The molecule has 70 valence electrons. The van der Waals surface area contributed by atoms with Gasteiger partial charge in [0.25, 0.3) is 0 Å². The summed E-state index contributed by atoms with van der Waals surface area (Å²) in [6.07, 6.45) is 4.21. The van der Waals surface area contributed by atoms with Crippen molar-refractivity contribution in [1.82, 2.24) is 0 Å². The minimum atomic E-state index is -2.62. The average Bonchev–Trinajstić information content (AvgIpc) is 1.87. The van der Waals surface area contributed by atoms with E-state index >= 15 is 0 Å². The first kappa shape index (κ1) is 14.1. The Morgan fingerprint density at radius 2 is 2.00 bits per heavy atom. The van der Waals surface area contributed by atoms with Crippen LogP contribution >= 0.6 is 8.25 Å². The molecule has 11 heavy (non-hydrogen) atoms. The quantitative estimate of drug-likeness (QED) is 0.393. The molecule has 0 rings (SSSR count). The van der Waals surface area contributed by atoms with Gasteiger partial charge in [-0.15, -0.1) is 4.52 Å². The van der Waals surface area contributed by atoms with E-state index in [0.717, 1.165) is 25.7 Å². The Hall–Kier alpha value is 0.539. The van der Waals surface area contributed by atoms with Gasteiger partial charge in [0, 0.05) is 0 Å². The van der Waals surface area contributed by atoms with Crippen LogP contribution in [-0.2, 0) is 26.2 Å². The fourth-order valence-corrected chi connectivity index (χ4v) is 0.946. The molecule has 5 heteroatoms. The van der Waals surface area contributed by atoms with Crippen molar-refractivity contribution in [2.24, 2.45) is 0 Å². The smallest absolute Gasteiger partial charge is 0.566 e.